The Kier molecular flexibility index (Phi) is 3.64. The molecule has 0 bridgehead atoms. The number of hydrogen-bond donors (Lipinski definition) is 0. The highest BCUT2D eigenvalue weighted by molar-refractivity contribution is 7.99. The molecule has 0 aliphatic rings. The summed E-state index contributed by atoms with van der Waals surface area (Å²) in [4.78, 5) is 12.0. The molecule has 0 N–H and O–H groups in total. The van der Waals surface area contributed by atoms with Crippen molar-refractivity contribution in [3.8, 4) is 11.3 Å². The molecular formula is C13H14N2OS. The van der Waals surface area contributed by atoms with Crippen LogP contribution >= 0.6 is 11.8 Å². The van der Waals surface area contributed by atoms with Crippen LogP contribution in [0.3, 0.4) is 0 Å². The minimum Gasteiger partial charge on any atom is -0.296 e. The van der Waals surface area contributed by atoms with E-state index in [2.05, 4.69) is 24.2 Å². The summed E-state index contributed by atoms with van der Waals surface area (Å²) in [7, 11) is 1.77. The number of rotatable bonds is 4. The molecule has 0 saturated carbocycles. The average molecular weight is 246 g/mol. The van der Waals surface area contributed by atoms with E-state index in [4.69, 9.17) is 0 Å². The van der Waals surface area contributed by atoms with Crippen LogP contribution in [0.1, 0.15) is 17.4 Å². The fourth-order valence-electron chi connectivity index (χ4n) is 1.62. The quantitative estimate of drug-likeness (QED) is 0.614. The maximum Gasteiger partial charge on any atom is 0.168 e. The lowest BCUT2D eigenvalue weighted by atomic mass is 10.1. The minimum absolute atomic E-state index is 0.590. The van der Waals surface area contributed by atoms with Gasteiger partial charge in [0.2, 0.25) is 0 Å². The highest BCUT2D eigenvalue weighted by Gasteiger charge is 2.06. The number of aldehydes is 1. The third kappa shape index (κ3) is 2.58. The minimum atomic E-state index is 0.590. The Morgan fingerprint density at radius 2 is 2.06 bits per heavy atom. The van der Waals surface area contributed by atoms with Crippen molar-refractivity contribution >= 4 is 18.0 Å². The fraction of sp³-hybridized carbons (Fsp3) is 0.231. The van der Waals surface area contributed by atoms with E-state index < -0.39 is 0 Å². The topological polar surface area (TPSA) is 34.9 Å². The van der Waals surface area contributed by atoms with Gasteiger partial charge in [0.15, 0.2) is 6.29 Å². The normalized spacial score (nSPS) is 10.5. The zero-order valence-corrected chi connectivity index (χ0v) is 10.7. The predicted molar refractivity (Wildman–Crippen MR) is 70.4 cm³/mol. The van der Waals surface area contributed by atoms with Gasteiger partial charge in [-0.25, -0.2) is 0 Å². The maximum absolute atomic E-state index is 10.7. The van der Waals surface area contributed by atoms with E-state index in [1.165, 1.54) is 4.90 Å². The Labute approximate surface area is 105 Å². The molecule has 0 spiro atoms. The summed E-state index contributed by atoms with van der Waals surface area (Å²) in [5.74, 6) is 1.07. The lowest BCUT2D eigenvalue weighted by molar-refractivity contribution is 0.111. The first-order valence-electron chi connectivity index (χ1n) is 5.47. The summed E-state index contributed by atoms with van der Waals surface area (Å²) in [6.07, 6.45) is 0.817. The van der Waals surface area contributed by atoms with Crippen molar-refractivity contribution in [2.75, 3.05) is 5.75 Å². The monoisotopic (exact) mass is 246 g/mol. The van der Waals surface area contributed by atoms with Gasteiger partial charge >= 0.3 is 0 Å². The number of benzene rings is 1. The fourth-order valence-corrected chi connectivity index (χ4v) is 2.28. The maximum atomic E-state index is 10.7. The number of carbonyl (C=O) groups is 1. The van der Waals surface area contributed by atoms with E-state index >= 15 is 0 Å². The van der Waals surface area contributed by atoms with Crippen LogP contribution in [0.25, 0.3) is 11.3 Å². The van der Waals surface area contributed by atoms with Crippen molar-refractivity contribution < 1.29 is 4.79 Å². The molecule has 0 unspecified atom stereocenters. The van der Waals surface area contributed by atoms with E-state index in [1.54, 1.807) is 17.8 Å². The zero-order chi connectivity index (χ0) is 12.3. The molecule has 17 heavy (non-hydrogen) atoms. The van der Waals surface area contributed by atoms with Crippen LogP contribution in [-0.4, -0.2) is 21.8 Å². The lowest BCUT2D eigenvalue weighted by Crippen LogP contribution is -1.95. The van der Waals surface area contributed by atoms with Crippen molar-refractivity contribution in [1.82, 2.24) is 9.78 Å². The summed E-state index contributed by atoms with van der Waals surface area (Å²) in [5.41, 5.74) is 2.46. The van der Waals surface area contributed by atoms with Gasteiger partial charge in [-0.1, -0.05) is 19.1 Å². The van der Waals surface area contributed by atoms with Crippen LogP contribution in [0.2, 0.25) is 0 Å². The smallest absolute Gasteiger partial charge is 0.168 e. The van der Waals surface area contributed by atoms with Gasteiger partial charge in [-0.15, -0.1) is 11.8 Å². The average Bonchev–Trinajstić information content (AvgIpc) is 2.72. The van der Waals surface area contributed by atoms with Crippen LogP contribution in [0.5, 0.6) is 0 Å². The second-order valence-corrected chi connectivity index (χ2v) is 4.99. The molecule has 3 nitrogen and oxygen atoms in total. The number of thioether (sulfide) groups is 1. The van der Waals surface area contributed by atoms with Crippen molar-refractivity contribution in [3.63, 3.8) is 0 Å². The number of aromatic nitrogens is 2. The molecule has 0 aliphatic carbocycles. The number of aryl methyl sites for hydroxylation is 1. The van der Waals surface area contributed by atoms with Gasteiger partial charge in [0.1, 0.15) is 5.69 Å². The van der Waals surface area contributed by atoms with Gasteiger partial charge in [0.25, 0.3) is 0 Å². The van der Waals surface area contributed by atoms with Gasteiger partial charge in [0.05, 0.1) is 5.69 Å². The first kappa shape index (κ1) is 11.9. The van der Waals surface area contributed by atoms with Gasteiger partial charge < -0.3 is 0 Å². The predicted octanol–water partition coefficient (Wildman–Crippen LogP) is 3.01. The van der Waals surface area contributed by atoms with Crippen molar-refractivity contribution in [2.24, 2.45) is 7.05 Å². The molecule has 0 radical (unpaired) electrons. The van der Waals surface area contributed by atoms with E-state index in [9.17, 15) is 4.79 Å². The molecule has 0 aliphatic heterocycles. The third-order valence-electron chi connectivity index (χ3n) is 2.50. The zero-order valence-electron chi connectivity index (χ0n) is 9.88. The highest BCUT2D eigenvalue weighted by Crippen LogP contribution is 2.23. The standard InChI is InChI=1S/C13H14N2OS/c1-3-17-12-6-4-10(5-7-12)13-8-11(9-16)15(2)14-13/h4-9H,3H2,1-2H3. The van der Waals surface area contributed by atoms with Gasteiger partial charge in [-0.05, 0) is 24.0 Å². The first-order chi connectivity index (χ1) is 8.24. The molecule has 1 aromatic carbocycles. The Hall–Kier alpha value is -1.55. The first-order valence-corrected chi connectivity index (χ1v) is 6.45. The molecule has 0 fully saturated rings. The van der Waals surface area contributed by atoms with E-state index in [-0.39, 0.29) is 0 Å². The molecule has 1 heterocycles. The molecule has 2 rings (SSSR count). The molecule has 0 amide bonds. The van der Waals surface area contributed by atoms with Crippen LogP contribution in [0, 0.1) is 0 Å². The Bertz CT molecular complexity index is 517. The Morgan fingerprint density at radius 3 is 2.59 bits per heavy atom. The number of carbonyl (C=O) groups excluding carboxylic acids is 1. The number of hydrogen-bond acceptors (Lipinski definition) is 3. The number of nitrogens with zero attached hydrogens (tertiary/aromatic N) is 2. The lowest BCUT2D eigenvalue weighted by Gasteiger charge is -2.00. The second kappa shape index (κ2) is 5.19. The van der Waals surface area contributed by atoms with E-state index in [1.807, 2.05) is 23.9 Å². The van der Waals surface area contributed by atoms with E-state index in [0.717, 1.165) is 23.3 Å². The van der Waals surface area contributed by atoms with Crippen molar-refractivity contribution in [2.45, 2.75) is 11.8 Å². The third-order valence-corrected chi connectivity index (χ3v) is 3.39. The van der Waals surface area contributed by atoms with Crippen molar-refractivity contribution in [3.05, 3.63) is 36.0 Å². The summed E-state index contributed by atoms with van der Waals surface area (Å²) >= 11 is 1.81. The molecule has 4 heteroatoms. The Balaban J connectivity index is 2.29. The van der Waals surface area contributed by atoms with Gasteiger partial charge in [-0.2, -0.15) is 5.10 Å². The van der Waals surface area contributed by atoms with Gasteiger partial charge in [0, 0.05) is 17.5 Å². The second-order valence-electron chi connectivity index (χ2n) is 3.65. The molecule has 88 valence electrons. The van der Waals surface area contributed by atoms with Gasteiger partial charge in [-0.3, -0.25) is 9.48 Å². The summed E-state index contributed by atoms with van der Waals surface area (Å²) in [5, 5.41) is 4.31. The molecular weight excluding hydrogens is 232 g/mol. The molecule has 1 aromatic heterocycles. The van der Waals surface area contributed by atoms with Crippen molar-refractivity contribution in [1.29, 1.82) is 0 Å². The Morgan fingerprint density at radius 1 is 1.35 bits per heavy atom. The molecule has 2 aromatic rings. The van der Waals surface area contributed by atoms with E-state index in [0.29, 0.717) is 5.69 Å². The SMILES string of the molecule is CCSc1ccc(-c2cc(C=O)n(C)n2)cc1. The van der Waals surface area contributed by atoms with Crippen LogP contribution < -0.4 is 0 Å². The molecule has 0 saturated heterocycles. The summed E-state index contributed by atoms with van der Waals surface area (Å²) in [6.45, 7) is 2.13. The largest absolute Gasteiger partial charge is 0.296 e. The summed E-state index contributed by atoms with van der Waals surface area (Å²) < 4.78 is 1.59. The van der Waals surface area contributed by atoms with Crippen LogP contribution in [0.4, 0.5) is 0 Å². The summed E-state index contributed by atoms with van der Waals surface area (Å²) in [6, 6.07) is 10.0. The highest BCUT2D eigenvalue weighted by atomic mass is 32.2. The van der Waals surface area contributed by atoms with Crippen LogP contribution in [0.15, 0.2) is 35.2 Å². The molecule has 0 atom stereocenters. The van der Waals surface area contributed by atoms with Crippen LogP contribution in [-0.2, 0) is 7.05 Å².